The summed E-state index contributed by atoms with van der Waals surface area (Å²) in [6.45, 7) is 0.857. The van der Waals surface area contributed by atoms with E-state index >= 15 is 0 Å². The largest absolute Gasteiger partial charge is 0.435 e. The molecule has 4 aromatic carbocycles. The number of oxazole rings is 1. The van der Waals surface area contributed by atoms with Gasteiger partial charge in [-0.1, -0.05) is 66.7 Å². The SMILES string of the molecule is C1=CC2=CC(c3cc(-c4c5ccccc5cc5ccccc45)cc(-c4nc5ccccc5o4)n3)CN2C=C1. The van der Waals surface area contributed by atoms with Gasteiger partial charge in [0.2, 0.25) is 5.89 Å². The fraction of sp³-hybridized carbons (Fsp3) is 0.0588. The number of pyridine rings is 1. The molecule has 0 aliphatic carbocycles. The van der Waals surface area contributed by atoms with Crippen LogP contribution in [0.2, 0.25) is 0 Å². The maximum atomic E-state index is 6.21. The zero-order valence-electron chi connectivity index (χ0n) is 20.6. The summed E-state index contributed by atoms with van der Waals surface area (Å²) in [6.07, 6.45) is 10.8. The second-order valence-corrected chi connectivity index (χ2v) is 9.90. The lowest BCUT2D eigenvalue weighted by atomic mass is 9.91. The van der Waals surface area contributed by atoms with E-state index in [2.05, 4.69) is 102 Å². The lowest BCUT2D eigenvalue weighted by Crippen LogP contribution is -2.16. The Labute approximate surface area is 219 Å². The summed E-state index contributed by atoms with van der Waals surface area (Å²) in [5, 5.41) is 4.89. The van der Waals surface area contributed by atoms with Crippen molar-refractivity contribution in [2.75, 3.05) is 6.54 Å². The van der Waals surface area contributed by atoms with E-state index in [1.165, 1.54) is 32.8 Å². The summed E-state index contributed by atoms with van der Waals surface area (Å²) in [5.74, 6) is 0.698. The summed E-state index contributed by atoms with van der Waals surface area (Å²) in [5.41, 5.74) is 6.91. The fourth-order valence-electron chi connectivity index (χ4n) is 5.76. The summed E-state index contributed by atoms with van der Waals surface area (Å²) in [7, 11) is 0. The van der Waals surface area contributed by atoms with Crippen LogP contribution in [-0.4, -0.2) is 21.4 Å². The Morgan fingerprint density at radius 3 is 2.32 bits per heavy atom. The molecule has 6 aromatic rings. The van der Waals surface area contributed by atoms with E-state index in [9.17, 15) is 0 Å². The fourth-order valence-corrected chi connectivity index (χ4v) is 5.76. The number of nitrogens with zero attached hydrogens (tertiary/aromatic N) is 3. The monoisotopic (exact) mass is 489 g/mol. The number of para-hydroxylation sites is 2. The molecule has 0 saturated heterocycles. The molecule has 2 aromatic heterocycles. The maximum Gasteiger partial charge on any atom is 0.246 e. The van der Waals surface area contributed by atoms with Gasteiger partial charge in [0, 0.05) is 24.4 Å². The topological polar surface area (TPSA) is 42.2 Å². The zero-order valence-corrected chi connectivity index (χ0v) is 20.6. The Morgan fingerprint density at radius 1 is 0.763 bits per heavy atom. The van der Waals surface area contributed by atoms with E-state index < -0.39 is 0 Å². The van der Waals surface area contributed by atoms with E-state index in [-0.39, 0.29) is 5.92 Å². The molecule has 0 spiro atoms. The van der Waals surface area contributed by atoms with Crippen molar-refractivity contribution in [3.63, 3.8) is 0 Å². The Hall–Kier alpha value is -4.96. The minimum absolute atomic E-state index is 0.154. The van der Waals surface area contributed by atoms with Crippen LogP contribution >= 0.6 is 0 Å². The van der Waals surface area contributed by atoms with Crippen molar-refractivity contribution in [3.8, 4) is 22.7 Å². The molecular formula is C34H23N3O. The van der Waals surface area contributed by atoms with Crippen LogP contribution in [0.5, 0.6) is 0 Å². The van der Waals surface area contributed by atoms with Gasteiger partial charge in [-0.25, -0.2) is 9.97 Å². The Kier molecular flexibility index (Phi) is 4.61. The highest BCUT2D eigenvalue weighted by molar-refractivity contribution is 6.12. The minimum atomic E-state index is 0.154. The van der Waals surface area contributed by atoms with Crippen LogP contribution < -0.4 is 0 Å². The summed E-state index contributed by atoms with van der Waals surface area (Å²) in [4.78, 5) is 12.2. The van der Waals surface area contributed by atoms with Gasteiger partial charge in [0.15, 0.2) is 5.58 Å². The zero-order chi connectivity index (χ0) is 25.1. The second kappa shape index (κ2) is 8.29. The first-order valence-corrected chi connectivity index (χ1v) is 12.9. The molecule has 1 atom stereocenters. The molecular weight excluding hydrogens is 466 g/mol. The predicted octanol–water partition coefficient (Wildman–Crippen LogP) is 8.23. The van der Waals surface area contributed by atoms with E-state index in [4.69, 9.17) is 14.4 Å². The maximum absolute atomic E-state index is 6.21. The first-order valence-electron chi connectivity index (χ1n) is 12.9. The van der Waals surface area contributed by atoms with Gasteiger partial charge < -0.3 is 9.32 Å². The second-order valence-electron chi connectivity index (χ2n) is 9.90. The summed E-state index contributed by atoms with van der Waals surface area (Å²) in [6, 6.07) is 31.8. The molecule has 4 heterocycles. The van der Waals surface area contributed by atoms with Crippen LogP contribution in [0.3, 0.4) is 0 Å². The molecule has 8 rings (SSSR count). The Balaban J connectivity index is 1.40. The van der Waals surface area contributed by atoms with E-state index in [1.807, 2.05) is 24.3 Å². The van der Waals surface area contributed by atoms with Crippen molar-refractivity contribution in [2.45, 2.75) is 5.92 Å². The number of aromatic nitrogens is 2. The highest BCUT2D eigenvalue weighted by Crippen LogP contribution is 2.40. The molecule has 2 aliphatic heterocycles. The van der Waals surface area contributed by atoms with Crippen LogP contribution in [0.25, 0.3) is 55.4 Å². The van der Waals surface area contributed by atoms with Gasteiger partial charge in [-0.2, -0.15) is 0 Å². The molecule has 4 nitrogen and oxygen atoms in total. The molecule has 38 heavy (non-hydrogen) atoms. The van der Waals surface area contributed by atoms with Gasteiger partial charge in [0.05, 0.1) is 5.69 Å². The average Bonchev–Trinajstić information content (AvgIpc) is 3.60. The quantitative estimate of drug-likeness (QED) is 0.235. The molecule has 0 amide bonds. The molecule has 0 N–H and O–H groups in total. The standard InChI is InChI=1S/C34H23N3O/c1-3-12-27-22(9-1)17-23-10-2-4-13-28(23)33(27)24-19-30(25-18-26-11-7-8-16-37(26)21-25)35-31(20-24)34-36-29-14-5-6-15-32(29)38-34/h1-20,25H,21H2. The smallest absolute Gasteiger partial charge is 0.246 e. The van der Waals surface area contributed by atoms with Gasteiger partial charge in [-0.05, 0) is 81.2 Å². The first-order chi connectivity index (χ1) is 18.8. The van der Waals surface area contributed by atoms with Crippen molar-refractivity contribution in [1.82, 2.24) is 14.9 Å². The van der Waals surface area contributed by atoms with Gasteiger partial charge in [0.1, 0.15) is 11.2 Å². The van der Waals surface area contributed by atoms with E-state index in [0.717, 1.165) is 34.6 Å². The van der Waals surface area contributed by atoms with Crippen molar-refractivity contribution >= 4 is 32.6 Å². The minimum Gasteiger partial charge on any atom is -0.435 e. The third-order valence-corrected chi connectivity index (χ3v) is 7.54. The molecule has 180 valence electrons. The number of rotatable bonds is 3. The van der Waals surface area contributed by atoms with E-state index in [0.29, 0.717) is 5.89 Å². The first kappa shape index (κ1) is 21.2. The average molecular weight is 490 g/mol. The van der Waals surface area contributed by atoms with Gasteiger partial charge >= 0.3 is 0 Å². The molecule has 0 saturated carbocycles. The van der Waals surface area contributed by atoms with E-state index in [1.54, 1.807) is 0 Å². The number of hydrogen-bond acceptors (Lipinski definition) is 4. The van der Waals surface area contributed by atoms with Crippen molar-refractivity contribution in [1.29, 1.82) is 0 Å². The third kappa shape index (κ3) is 3.38. The Bertz CT molecular complexity index is 1890. The molecule has 4 heteroatoms. The summed E-state index contributed by atoms with van der Waals surface area (Å²) < 4.78 is 6.21. The predicted molar refractivity (Wildman–Crippen MR) is 153 cm³/mol. The van der Waals surface area contributed by atoms with Crippen LogP contribution in [0.1, 0.15) is 11.6 Å². The molecule has 2 aliphatic rings. The van der Waals surface area contributed by atoms with Crippen LogP contribution in [0.4, 0.5) is 0 Å². The number of hydrogen-bond donors (Lipinski definition) is 0. The Morgan fingerprint density at radius 2 is 1.53 bits per heavy atom. The van der Waals surface area contributed by atoms with Crippen LogP contribution in [0, 0.1) is 0 Å². The van der Waals surface area contributed by atoms with Crippen molar-refractivity contribution in [2.24, 2.45) is 0 Å². The molecule has 0 radical (unpaired) electrons. The lowest BCUT2D eigenvalue weighted by molar-refractivity contribution is 0.496. The molecule has 1 unspecified atom stereocenters. The third-order valence-electron chi connectivity index (χ3n) is 7.54. The normalized spacial score (nSPS) is 16.5. The highest BCUT2D eigenvalue weighted by atomic mass is 16.3. The van der Waals surface area contributed by atoms with Crippen molar-refractivity contribution in [3.05, 3.63) is 133 Å². The number of allylic oxidation sites excluding steroid dienone is 3. The highest BCUT2D eigenvalue weighted by Gasteiger charge is 2.26. The van der Waals surface area contributed by atoms with Crippen LogP contribution in [0.15, 0.2) is 132 Å². The van der Waals surface area contributed by atoms with Gasteiger partial charge in [-0.15, -0.1) is 0 Å². The summed E-state index contributed by atoms with van der Waals surface area (Å²) >= 11 is 0. The van der Waals surface area contributed by atoms with Crippen molar-refractivity contribution < 1.29 is 4.42 Å². The lowest BCUT2D eigenvalue weighted by Gasteiger charge is -2.19. The molecule has 0 bridgehead atoms. The number of benzene rings is 4. The number of fused-ring (bicyclic) bond motifs is 4. The van der Waals surface area contributed by atoms with Gasteiger partial charge in [0.25, 0.3) is 0 Å². The molecule has 0 fully saturated rings. The van der Waals surface area contributed by atoms with Gasteiger partial charge in [-0.3, -0.25) is 0 Å². The van der Waals surface area contributed by atoms with Crippen LogP contribution in [-0.2, 0) is 0 Å².